The molecule has 0 N–H and O–H groups in total. The first-order chi connectivity index (χ1) is 14.2. The van der Waals surface area contributed by atoms with E-state index in [1.807, 2.05) is 0 Å². The lowest BCUT2D eigenvalue weighted by molar-refractivity contribution is -0.137. The number of ether oxygens (including phenoxy) is 2. The Morgan fingerprint density at radius 3 is 2.31 bits per heavy atom. The second-order valence-corrected chi connectivity index (χ2v) is 8.42. The van der Waals surface area contributed by atoms with Gasteiger partial charge in [0.05, 0.1) is 13.2 Å². The molecule has 2 rings (SSSR count). The third-order valence-electron chi connectivity index (χ3n) is 6.13. The molecule has 0 radical (unpaired) electrons. The Morgan fingerprint density at radius 2 is 1.66 bits per heavy atom. The van der Waals surface area contributed by atoms with Crippen molar-refractivity contribution in [2.75, 3.05) is 13.2 Å². The van der Waals surface area contributed by atoms with Crippen molar-refractivity contribution in [3.05, 3.63) is 42.5 Å². The molecule has 1 saturated carbocycles. The van der Waals surface area contributed by atoms with Gasteiger partial charge in [-0.25, -0.2) is 4.79 Å². The number of carbonyl (C=O) groups excluding carboxylic acids is 1. The summed E-state index contributed by atoms with van der Waals surface area (Å²) < 4.78 is 10.9. The van der Waals surface area contributed by atoms with E-state index >= 15 is 0 Å². The van der Waals surface area contributed by atoms with Gasteiger partial charge in [0.15, 0.2) is 0 Å². The van der Waals surface area contributed by atoms with Crippen molar-refractivity contribution >= 4 is 5.97 Å². The van der Waals surface area contributed by atoms with Crippen LogP contribution in [0.3, 0.4) is 0 Å². The van der Waals surface area contributed by atoms with E-state index in [1.54, 1.807) is 0 Å². The van der Waals surface area contributed by atoms with Crippen molar-refractivity contribution in [1.29, 1.82) is 0 Å². The number of carbonyl (C=O) groups is 1. The molecule has 1 aliphatic rings. The molecule has 0 unspecified atom stereocenters. The number of benzene rings is 1. The molecule has 1 fully saturated rings. The number of hydrogen-bond acceptors (Lipinski definition) is 3. The third-order valence-corrected chi connectivity index (χ3v) is 6.13. The quantitative estimate of drug-likeness (QED) is 0.188. The van der Waals surface area contributed by atoms with Gasteiger partial charge in [-0.15, -0.1) is 0 Å². The fourth-order valence-electron chi connectivity index (χ4n) is 4.28. The molecule has 1 aliphatic carbocycles. The van der Waals surface area contributed by atoms with Crippen molar-refractivity contribution in [2.45, 2.75) is 89.9 Å². The summed E-state index contributed by atoms with van der Waals surface area (Å²) in [6, 6.07) is 8.81. The largest absolute Gasteiger partial charge is 0.494 e. The Labute approximate surface area is 177 Å². The van der Waals surface area contributed by atoms with Crippen molar-refractivity contribution in [3.8, 4) is 5.75 Å². The second kappa shape index (κ2) is 14.3. The van der Waals surface area contributed by atoms with Crippen LogP contribution in [0.2, 0.25) is 0 Å². The van der Waals surface area contributed by atoms with E-state index in [9.17, 15) is 4.79 Å². The first-order valence-corrected chi connectivity index (χ1v) is 11.7. The zero-order valence-electron chi connectivity index (χ0n) is 18.4. The fraction of sp³-hybridized carbons (Fsp3) is 0.654. The molecular weight excluding hydrogens is 360 g/mol. The zero-order valence-corrected chi connectivity index (χ0v) is 18.4. The van der Waals surface area contributed by atoms with Gasteiger partial charge in [-0.3, -0.25) is 0 Å². The molecule has 29 heavy (non-hydrogen) atoms. The van der Waals surface area contributed by atoms with E-state index in [0.29, 0.717) is 6.61 Å². The van der Waals surface area contributed by atoms with Crippen LogP contribution >= 0.6 is 0 Å². The molecule has 0 bridgehead atoms. The van der Waals surface area contributed by atoms with Gasteiger partial charge in [-0.1, -0.05) is 51.3 Å². The minimum absolute atomic E-state index is 0.336. The maximum absolute atomic E-state index is 10.9. The van der Waals surface area contributed by atoms with Crippen LogP contribution in [-0.2, 0) is 9.53 Å². The van der Waals surface area contributed by atoms with Crippen molar-refractivity contribution in [3.63, 3.8) is 0 Å². The highest BCUT2D eigenvalue weighted by Crippen LogP contribution is 2.38. The van der Waals surface area contributed by atoms with Crippen LogP contribution in [0.25, 0.3) is 0 Å². The van der Waals surface area contributed by atoms with E-state index < -0.39 is 0 Å². The molecule has 0 spiro atoms. The molecule has 162 valence electrons. The van der Waals surface area contributed by atoms with E-state index in [4.69, 9.17) is 9.47 Å². The van der Waals surface area contributed by atoms with E-state index in [0.717, 1.165) is 49.9 Å². The van der Waals surface area contributed by atoms with Gasteiger partial charge in [-0.05, 0) is 80.9 Å². The highest BCUT2D eigenvalue weighted by molar-refractivity contribution is 5.81. The maximum atomic E-state index is 10.9. The van der Waals surface area contributed by atoms with Gasteiger partial charge in [0.25, 0.3) is 0 Å². The van der Waals surface area contributed by atoms with Crippen LogP contribution in [0.1, 0.15) is 95.5 Å². The molecule has 0 saturated heterocycles. The van der Waals surface area contributed by atoms with Crippen LogP contribution in [0.15, 0.2) is 36.9 Å². The number of esters is 1. The van der Waals surface area contributed by atoms with E-state index in [-0.39, 0.29) is 5.97 Å². The van der Waals surface area contributed by atoms with Gasteiger partial charge in [0.1, 0.15) is 5.75 Å². The predicted molar refractivity (Wildman–Crippen MR) is 120 cm³/mol. The second-order valence-electron chi connectivity index (χ2n) is 8.42. The van der Waals surface area contributed by atoms with Gasteiger partial charge < -0.3 is 9.47 Å². The molecule has 1 aromatic rings. The minimum atomic E-state index is -0.336. The molecule has 0 atom stereocenters. The summed E-state index contributed by atoms with van der Waals surface area (Å²) >= 11 is 0. The lowest BCUT2D eigenvalue weighted by Crippen LogP contribution is -2.13. The average molecular weight is 401 g/mol. The van der Waals surface area contributed by atoms with Crippen molar-refractivity contribution in [2.24, 2.45) is 5.92 Å². The molecule has 0 aromatic heterocycles. The highest BCUT2D eigenvalue weighted by Gasteiger charge is 2.21. The van der Waals surface area contributed by atoms with Gasteiger partial charge in [-0.2, -0.15) is 0 Å². The first kappa shape index (κ1) is 23.5. The van der Waals surface area contributed by atoms with Gasteiger partial charge >= 0.3 is 5.97 Å². The van der Waals surface area contributed by atoms with Crippen LogP contribution in [0.5, 0.6) is 5.75 Å². The number of rotatable bonds is 14. The zero-order chi connectivity index (χ0) is 20.7. The Kier molecular flexibility index (Phi) is 11.6. The molecule has 1 aromatic carbocycles. The van der Waals surface area contributed by atoms with Crippen LogP contribution in [-0.4, -0.2) is 19.2 Å². The van der Waals surface area contributed by atoms with Crippen LogP contribution < -0.4 is 4.74 Å². The lowest BCUT2D eigenvalue weighted by atomic mass is 9.77. The van der Waals surface area contributed by atoms with Crippen molar-refractivity contribution < 1.29 is 14.3 Å². The summed E-state index contributed by atoms with van der Waals surface area (Å²) in [6.45, 7) is 6.90. The average Bonchev–Trinajstić information content (AvgIpc) is 2.76. The standard InChI is InChI=1S/C26H40O3/c1-3-5-8-11-22-12-14-23(15-13-22)24-16-18-25(19-17-24)28-20-9-6-7-10-21-29-26(27)4-2/h4,16-19,22-23H,2-3,5-15,20-21H2,1H3/t22-,23-. The summed E-state index contributed by atoms with van der Waals surface area (Å²) in [5.41, 5.74) is 1.48. The topological polar surface area (TPSA) is 35.5 Å². The minimum Gasteiger partial charge on any atom is -0.494 e. The number of hydrogen-bond donors (Lipinski definition) is 0. The Morgan fingerprint density at radius 1 is 0.966 bits per heavy atom. The first-order valence-electron chi connectivity index (χ1n) is 11.7. The molecule has 3 nitrogen and oxygen atoms in total. The van der Waals surface area contributed by atoms with Gasteiger partial charge in [0.2, 0.25) is 0 Å². The summed E-state index contributed by atoms with van der Waals surface area (Å²) in [5.74, 6) is 2.34. The smallest absolute Gasteiger partial charge is 0.330 e. The summed E-state index contributed by atoms with van der Waals surface area (Å²) in [6.07, 6.45) is 16.3. The normalized spacial score (nSPS) is 18.9. The highest BCUT2D eigenvalue weighted by atomic mass is 16.5. The maximum Gasteiger partial charge on any atom is 0.330 e. The van der Waals surface area contributed by atoms with Crippen LogP contribution in [0.4, 0.5) is 0 Å². The lowest BCUT2D eigenvalue weighted by Gasteiger charge is -2.29. The van der Waals surface area contributed by atoms with E-state index in [1.165, 1.54) is 63.0 Å². The molecule has 0 amide bonds. The third kappa shape index (κ3) is 9.51. The monoisotopic (exact) mass is 400 g/mol. The fourth-order valence-corrected chi connectivity index (χ4v) is 4.28. The van der Waals surface area contributed by atoms with E-state index in [2.05, 4.69) is 37.8 Å². The Bertz CT molecular complexity index is 570. The van der Waals surface area contributed by atoms with Crippen molar-refractivity contribution in [1.82, 2.24) is 0 Å². The summed E-state index contributed by atoms with van der Waals surface area (Å²) in [5, 5.41) is 0. The molecule has 0 heterocycles. The predicted octanol–water partition coefficient (Wildman–Crippen LogP) is 7.21. The Balaban J connectivity index is 1.56. The summed E-state index contributed by atoms with van der Waals surface area (Å²) in [4.78, 5) is 10.9. The molecule has 0 aliphatic heterocycles. The Hall–Kier alpha value is -1.77. The SMILES string of the molecule is C=CC(=O)OCCCCCCOc1ccc([C@H]2CC[C@H](CCCCC)CC2)cc1. The summed E-state index contributed by atoms with van der Waals surface area (Å²) in [7, 11) is 0. The number of unbranched alkanes of at least 4 members (excludes halogenated alkanes) is 5. The molecule has 3 heteroatoms. The molecular formula is C26H40O3. The van der Waals surface area contributed by atoms with Gasteiger partial charge in [0, 0.05) is 6.08 Å². The van der Waals surface area contributed by atoms with Crippen LogP contribution in [0, 0.1) is 5.92 Å².